The standard InChI is InChI=1S/C14H14BrN3/c15-10-4-1-3-8-9(10)7-12-13(8)18-14(17-12)11-5-2-6-16-11/h1,3-4,11,16H,2,5-7H2,(H,17,18). The summed E-state index contributed by atoms with van der Waals surface area (Å²) in [4.78, 5) is 8.33. The lowest BCUT2D eigenvalue weighted by atomic mass is 10.1. The molecular formula is C14H14BrN3. The van der Waals surface area contributed by atoms with E-state index in [4.69, 9.17) is 4.98 Å². The summed E-state index contributed by atoms with van der Waals surface area (Å²) in [6.07, 6.45) is 3.40. The van der Waals surface area contributed by atoms with Crippen molar-refractivity contribution in [3.63, 3.8) is 0 Å². The minimum atomic E-state index is 0.422. The van der Waals surface area contributed by atoms with Crippen LogP contribution < -0.4 is 5.32 Å². The number of aromatic nitrogens is 2. The summed E-state index contributed by atoms with van der Waals surface area (Å²) >= 11 is 3.62. The van der Waals surface area contributed by atoms with Crippen molar-refractivity contribution in [1.29, 1.82) is 0 Å². The maximum absolute atomic E-state index is 4.82. The van der Waals surface area contributed by atoms with Crippen LogP contribution in [0.2, 0.25) is 0 Å². The number of hydrogen-bond donors (Lipinski definition) is 2. The Morgan fingerprint density at radius 1 is 1.33 bits per heavy atom. The van der Waals surface area contributed by atoms with Gasteiger partial charge in [0.05, 0.1) is 11.7 Å². The first kappa shape index (κ1) is 10.8. The van der Waals surface area contributed by atoms with Crippen molar-refractivity contribution in [2.45, 2.75) is 25.3 Å². The Labute approximate surface area is 114 Å². The van der Waals surface area contributed by atoms with Crippen LogP contribution in [0.15, 0.2) is 22.7 Å². The van der Waals surface area contributed by atoms with Crippen LogP contribution in [0.3, 0.4) is 0 Å². The summed E-state index contributed by atoms with van der Waals surface area (Å²) < 4.78 is 1.19. The van der Waals surface area contributed by atoms with Crippen molar-refractivity contribution >= 4 is 15.9 Å². The Bertz CT molecular complexity index is 611. The first-order valence-electron chi connectivity index (χ1n) is 6.43. The second kappa shape index (κ2) is 3.93. The molecule has 2 heterocycles. The summed E-state index contributed by atoms with van der Waals surface area (Å²) in [5.41, 5.74) is 5.05. The Morgan fingerprint density at radius 2 is 2.28 bits per heavy atom. The van der Waals surface area contributed by atoms with Gasteiger partial charge in [0.1, 0.15) is 5.82 Å². The van der Waals surface area contributed by atoms with Crippen molar-refractivity contribution < 1.29 is 0 Å². The quantitative estimate of drug-likeness (QED) is 0.725. The van der Waals surface area contributed by atoms with Crippen LogP contribution in [-0.2, 0) is 6.42 Å². The number of nitrogens with zero attached hydrogens (tertiary/aromatic N) is 1. The lowest BCUT2D eigenvalue weighted by molar-refractivity contribution is 0.611. The number of fused-ring (bicyclic) bond motifs is 3. The van der Waals surface area contributed by atoms with Crippen LogP contribution in [0, 0.1) is 0 Å². The van der Waals surface area contributed by atoms with E-state index in [0.717, 1.165) is 24.5 Å². The third kappa shape index (κ3) is 1.49. The normalized spacial score (nSPS) is 21.1. The molecule has 1 aromatic heterocycles. The van der Waals surface area contributed by atoms with Crippen LogP contribution >= 0.6 is 15.9 Å². The number of H-pyrrole nitrogens is 1. The molecule has 18 heavy (non-hydrogen) atoms. The molecule has 2 N–H and O–H groups in total. The van der Waals surface area contributed by atoms with E-state index in [9.17, 15) is 0 Å². The molecule has 1 saturated heterocycles. The van der Waals surface area contributed by atoms with E-state index >= 15 is 0 Å². The molecule has 0 amide bonds. The van der Waals surface area contributed by atoms with Gasteiger partial charge in [0.2, 0.25) is 0 Å². The molecule has 1 aromatic carbocycles. The molecule has 1 aliphatic carbocycles. The molecule has 0 spiro atoms. The molecule has 92 valence electrons. The highest BCUT2D eigenvalue weighted by Gasteiger charge is 2.27. The fourth-order valence-corrected chi connectivity index (χ4v) is 3.51. The SMILES string of the molecule is Brc1cccc2c1Cc1[nH]c(C3CCCN3)nc1-2. The van der Waals surface area contributed by atoms with Gasteiger partial charge in [-0.3, -0.25) is 0 Å². The first-order chi connectivity index (χ1) is 8.83. The van der Waals surface area contributed by atoms with E-state index in [1.54, 1.807) is 0 Å². The monoisotopic (exact) mass is 303 g/mol. The molecule has 1 aliphatic heterocycles. The van der Waals surface area contributed by atoms with E-state index in [0.29, 0.717) is 6.04 Å². The van der Waals surface area contributed by atoms with E-state index in [1.165, 1.54) is 34.1 Å². The highest BCUT2D eigenvalue weighted by molar-refractivity contribution is 9.10. The van der Waals surface area contributed by atoms with E-state index in [2.05, 4.69) is 44.4 Å². The number of benzene rings is 1. The minimum Gasteiger partial charge on any atom is -0.344 e. The molecule has 0 radical (unpaired) electrons. The topological polar surface area (TPSA) is 40.7 Å². The number of rotatable bonds is 1. The van der Waals surface area contributed by atoms with Gasteiger partial charge in [0.15, 0.2) is 0 Å². The first-order valence-corrected chi connectivity index (χ1v) is 7.22. The molecule has 4 heteroatoms. The molecule has 0 bridgehead atoms. The van der Waals surface area contributed by atoms with Crippen LogP contribution in [0.1, 0.15) is 36.0 Å². The summed E-state index contributed by atoms with van der Waals surface area (Å²) in [5, 5.41) is 3.49. The van der Waals surface area contributed by atoms with Crippen molar-refractivity contribution in [3.05, 3.63) is 39.8 Å². The fourth-order valence-electron chi connectivity index (χ4n) is 3.00. The number of halogens is 1. The largest absolute Gasteiger partial charge is 0.344 e. The second-order valence-electron chi connectivity index (χ2n) is 5.04. The van der Waals surface area contributed by atoms with Crippen LogP contribution in [0.25, 0.3) is 11.3 Å². The van der Waals surface area contributed by atoms with E-state index < -0.39 is 0 Å². The highest BCUT2D eigenvalue weighted by atomic mass is 79.9. The predicted octanol–water partition coefficient (Wildman–Crippen LogP) is 3.17. The third-order valence-corrected chi connectivity index (χ3v) is 4.66. The summed E-state index contributed by atoms with van der Waals surface area (Å²) in [5.74, 6) is 1.11. The maximum Gasteiger partial charge on any atom is 0.124 e. The minimum absolute atomic E-state index is 0.422. The number of aromatic amines is 1. The molecule has 4 rings (SSSR count). The summed E-state index contributed by atoms with van der Waals surface area (Å²) in [6, 6.07) is 6.77. The summed E-state index contributed by atoms with van der Waals surface area (Å²) in [7, 11) is 0. The Hall–Kier alpha value is -1.13. The van der Waals surface area contributed by atoms with Gasteiger partial charge in [-0.25, -0.2) is 4.98 Å². The highest BCUT2D eigenvalue weighted by Crippen LogP contribution is 2.39. The molecule has 1 fully saturated rings. The Kier molecular flexibility index (Phi) is 2.35. The van der Waals surface area contributed by atoms with Crippen LogP contribution in [0.4, 0.5) is 0 Å². The zero-order valence-electron chi connectivity index (χ0n) is 9.96. The van der Waals surface area contributed by atoms with E-state index in [-0.39, 0.29) is 0 Å². The average molecular weight is 304 g/mol. The van der Waals surface area contributed by atoms with Crippen molar-refractivity contribution in [3.8, 4) is 11.3 Å². The molecular weight excluding hydrogens is 290 g/mol. The Morgan fingerprint density at radius 3 is 3.11 bits per heavy atom. The molecule has 1 unspecified atom stereocenters. The van der Waals surface area contributed by atoms with Crippen molar-refractivity contribution in [2.75, 3.05) is 6.54 Å². The Balaban J connectivity index is 1.79. The molecule has 2 aromatic rings. The maximum atomic E-state index is 4.82. The number of hydrogen-bond acceptors (Lipinski definition) is 2. The average Bonchev–Trinajstić information content (AvgIpc) is 3.03. The van der Waals surface area contributed by atoms with E-state index in [1.807, 2.05) is 0 Å². The molecule has 3 nitrogen and oxygen atoms in total. The fraction of sp³-hybridized carbons (Fsp3) is 0.357. The van der Waals surface area contributed by atoms with Crippen molar-refractivity contribution in [1.82, 2.24) is 15.3 Å². The van der Waals surface area contributed by atoms with Gasteiger partial charge in [0, 0.05) is 22.2 Å². The zero-order valence-corrected chi connectivity index (χ0v) is 11.5. The zero-order chi connectivity index (χ0) is 12.1. The number of imidazole rings is 1. The summed E-state index contributed by atoms with van der Waals surface area (Å²) in [6.45, 7) is 1.11. The van der Waals surface area contributed by atoms with Crippen LogP contribution in [-0.4, -0.2) is 16.5 Å². The molecule has 2 aliphatic rings. The third-order valence-electron chi connectivity index (χ3n) is 3.91. The number of nitrogens with one attached hydrogen (secondary N) is 2. The van der Waals surface area contributed by atoms with Gasteiger partial charge in [0.25, 0.3) is 0 Å². The van der Waals surface area contributed by atoms with Crippen molar-refractivity contribution in [2.24, 2.45) is 0 Å². The molecule has 0 saturated carbocycles. The lowest BCUT2D eigenvalue weighted by Crippen LogP contribution is -2.14. The lowest BCUT2D eigenvalue weighted by Gasteiger charge is -2.07. The van der Waals surface area contributed by atoms with Crippen LogP contribution in [0.5, 0.6) is 0 Å². The smallest absolute Gasteiger partial charge is 0.124 e. The van der Waals surface area contributed by atoms with Gasteiger partial charge < -0.3 is 10.3 Å². The predicted molar refractivity (Wildman–Crippen MR) is 74.5 cm³/mol. The van der Waals surface area contributed by atoms with Gasteiger partial charge in [-0.1, -0.05) is 28.1 Å². The van der Waals surface area contributed by atoms with Gasteiger partial charge in [-0.05, 0) is 31.0 Å². The van der Waals surface area contributed by atoms with Gasteiger partial charge in [-0.2, -0.15) is 0 Å². The van der Waals surface area contributed by atoms with Gasteiger partial charge >= 0.3 is 0 Å². The molecule has 1 atom stereocenters. The van der Waals surface area contributed by atoms with Gasteiger partial charge in [-0.15, -0.1) is 0 Å². The second-order valence-corrected chi connectivity index (χ2v) is 5.90.